The monoisotopic (exact) mass is 346 g/mol. The number of nitrogens with two attached hydrogens (primary N) is 2. The molecule has 0 aliphatic carbocycles. The molecule has 0 fully saturated rings. The van der Waals surface area contributed by atoms with Gasteiger partial charge >= 0.3 is 0 Å². The number of nitriles is 1. The van der Waals surface area contributed by atoms with Gasteiger partial charge in [0.15, 0.2) is 5.96 Å². The van der Waals surface area contributed by atoms with Crippen LogP contribution in [0.2, 0.25) is 0 Å². The van der Waals surface area contributed by atoms with Gasteiger partial charge in [-0.15, -0.1) is 0 Å². The third-order valence-corrected chi connectivity index (χ3v) is 3.65. The van der Waals surface area contributed by atoms with Gasteiger partial charge in [0.25, 0.3) is 11.8 Å². The van der Waals surface area contributed by atoms with Crippen molar-refractivity contribution in [2.45, 2.75) is 6.92 Å². The van der Waals surface area contributed by atoms with Crippen LogP contribution in [0.4, 0.5) is 0 Å². The molecule has 0 radical (unpaired) electrons. The van der Waals surface area contributed by atoms with Crippen molar-refractivity contribution in [3.8, 4) is 28.9 Å². The summed E-state index contributed by atoms with van der Waals surface area (Å²) in [5.41, 5.74) is 13.2. The van der Waals surface area contributed by atoms with Gasteiger partial charge in [-0.25, -0.2) is 0 Å². The lowest BCUT2D eigenvalue weighted by atomic mass is 10.0. The number of carbonyl (C=O) groups excluding carboxylic acids is 1. The number of carbonyl (C=O) groups is 1. The number of aliphatic imine (C=N–C) groups is 1. The van der Waals surface area contributed by atoms with Crippen LogP contribution in [0.1, 0.15) is 21.5 Å². The fourth-order valence-corrected chi connectivity index (χ4v) is 2.44. The number of amides is 1. The molecule has 3 aromatic rings. The summed E-state index contributed by atoms with van der Waals surface area (Å²) in [4.78, 5) is 19.8. The number of hydrogen-bond acceptors (Lipinski definition) is 5. The fourth-order valence-electron chi connectivity index (χ4n) is 2.44. The SMILES string of the molecule is Cc1cc(-c2noc(-c3ccccc3C#N)n2)ccc1C(=O)N=C(N)N. The van der Waals surface area contributed by atoms with Gasteiger partial charge in [-0.2, -0.15) is 15.2 Å². The van der Waals surface area contributed by atoms with E-state index in [1.54, 1.807) is 49.4 Å². The van der Waals surface area contributed by atoms with Crippen molar-refractivity contribution in [2.24, 2.45) is 16.5 Å². The number of guanidine groups is 1. The lowest BCUT2D eigenvalue weighted by Gasteiger charge is -2.03. The van der Waals surface area contributed by atoms with Crippen molar-refractivity contribution in [3.05, 3.63) is 59.2 Å². The Hall–Kier alpha value is -3.99. The highest BCUT2D eigenvalue weighted by atomic mass is 16.5. The zero-order valence-corrected chi connectivity index (χ0v) is 13.8. The van der Waals surface area contributed by atoms with Gasteiger partial charge < -0.3 is 16.0 Å². The highest BCUT2D eigenvalue weighted by Crippen LogP contribution is 2.26. The molecule has 0 aliphatic rings. The third-order valence-electron chi connectivity index (χ3n) is 3.65. The van der Waals surface area contributed by atoms with Crippen LogP contribution >= 0.6 is 0 Å². The predicted octanol–water partition coefficient (Wildman–Crippen LogP) is 2.00. The summed E-state index contributed by atoms with van der Waals surface area (Å²) in [6.07, 6.45) is 0. The van der Waals surface area contributed by atoms with Crippen molar-refractivity contribution in [3.63, 3.8) is 0 Å². The molecule has 3 rings (SSSR count). The second kappa shape index (κ2) is 6.86. The van der Waals surface area contributed by atoms with E-state index in [-0.39, 0.29) is 11.9 Å². The largest absolute Gasteiger partial charge is 0.370 e. The van der Waals surface area contributed by atoms with Crippen molar-refractivity contribution in [1.82, 2.24) is 10.1 Å². The summed E-state index contributed by atoms with van der Waals surface area (Å²) in [6.45, 7) is 1.75. The van der Waals surface area contributed by atoms with Crippen LogP contribution in [0.15, 0.2) is 52.0 Å². The number of aryl methyl sites for hydroxylation is 1. The van der Waals surface area contributed by atoms with Gasteiger partial charge in [0.05, 0.1) is 17.2 Å². The van der Waals surface area contributed by atoms with Crippen LogP contribution in [0.25, 0.3) is 22.8 Å². The molecule has 0 bridgehead atoms. The van der Waals surface area contributed by atoms with E-state index in [1.807, 2.05) is 0 Å². The zero-order chi connectivity index (χ0) is 18.7. The summed E-state index contributed by atoms with van der Waals surface area (Å²) < 4.78 is 5.28. The Bertz CT molecular complexity index is 1060. The van der Waals surface area contributed by atoms with Crippen LogP contribution in [0.5, 0.6) is 0 Å². The Morgan fingerprint density at radius 3 is 2.69 bits per heavy atom. The van der Waals surface area contributed by atoms with Crippen LogP contribution in [0.3, 0.4) is 0 Å². The second-order valence-electron chi connectivity index (χ2n) is 5.45. The van der Waals surface area contributed by atoms with Crippen LogP contribution < -0.4 is 11.5 Å². The molecule has 0 saturated heterocycles. The van der Waals surface area contributed by atoms with E-state index in [9.17, 15) is 10.1 Å². The van der Waals surface area contributed by atoms with E-state index >= 15 is 0 Å². The average molecular weight is 346 g/mol. The number of hydrogen-bond donors (Lipinski definition) is 2. The van der Waals surface area contributed by atoms with Crippen LogP contribution in [0, 0.1) is 18.3 Å². The molecule has 4 N–H and O–H groups in total. The molecule has 2 aromatic carbocycles. The Balaban J connectivity index is 1.95. The molecule has 8 heteroatoms. The van der Waals surface area contributed by atoms with Gasteiger partial charge in [-0.3, -0.25) is 4.79 Å². The first-order chi connectivity index (χ1) is 12.5. The number of rotatable bonds is 3. The Morgan fingerprint density at radius 2 is 2.00 bits per heavy atom. The first-order valence-electron chi connectivity index (χ1n) is 7.58. The topological polar surface area (TPSA) is 144 Å². The first-order valence-corrected chi connectivity index (χ1v) is 7.58. The molecule has 0 unspecified atom stereocenters. The summed E-state index contributed by atoms with van der Waals surface area (Å²) >= 11 is 0. The second-order valence-corrected chi connectivity index (χ2v) is 5.45. The minimum Gasteiger partial charge on any atom is -0.370 e. The fraction of sp³-hybridized carbons (Fsp3) is 0.0556. The van der Waals surface area contributed by atoms with Gasteiger partial charge in [0, 0.05) is 11.1 Å². The summed E-state index contributed by atoms with van der Waals surface area (Å²) in [7, 11) is 0. The van der Waals surface area contributed by atoms with E-state index in [4.69, 9.17) is 16.0 Å². The van der Waals surface area contributed by atoms with E-state index in [2.05, 4.69) is 21.2 Å². The van der Waals surface area contributed by atoms with Gasteiger partial charge in [-0.05, 0) is 36.8 Å². The lowest BCUT2D eigenvalue weighted by molar-refractivity contribution is 0.100. The van der Waals surface area contributed by atoms with E-state index in [1.165, 1.54) is 0 Å². The summed E-state index contributed by atoms with van der Waals surface area (Å²) in [5, 5.41) is 13.1. The van der Waals surface area contributed by atoms with Gasteiger partial charge in [0.1, 0.15) is 0 Å². The smallest absolute Gasteiger partial charge is 0.280 e. The molecule has 26 heavy (non-hydrogen) atoms. The Morgan fingerprint density at radius 1 is 1.23 bits per heavy atom. The molecular formula is C18H14N6O2. The molecule has 1 heterocycles. The number of aromatic nitrogens is 2. The van der Waals surface area contributed by atoms with Crippen LogP contribution in [-0.4, -0.2) is 22.0 Å². The van der Waals surface area contributed by atoms with Crippen molar-refractivity contribution in [2.75, 3.05) is 0 Å². The molecule has 0 atom stereocenters. The molecule has 1 amide bonds. The standard InChI is InChI=1S/C18H14N6O2/c1-10-8-11(6-7-13(10)16(25)23-18(20)21)15-22-17(26-24-15)14-5-3-2-4-12(14)9-19/h2-8H,1H3,(H4,20,21,23,25). The third kappa shape index (κ3) is 3.27. The zero-order valence-electron chi connectivity index (χ0n) is 13.8. The molecule has 8 nitrogen and oxygen atoms in total. The quantitative estimate of drug-likeness (QED) is 0.545. The highest BCUT2D eigenvalue weighted by Gasteiger charge is 2.15. The van der Waals surface area contributed by atoms with Crippen molar-refractivity contribution in [1.29, 1.82) is 5.26 Å². The molecule has 0 aliphatic heterocycles. The molecule has 0 spiro atoms. The molecule has 128 valence electrons. The Labute approximate surface area is 148 Å². The van der Waals surface area contributed by atoms with Crippen LogP contribution in [-0.2, 0) is 0 Å². The maximum Gasteiger partial charge on any atom is 0.280 e. The van der Waals surface area contributed by atoms with E-state index in [0.29, 0.717) is 33.6 Å². The van der Waals surface area contributed by atoms with Gasteiger partial charge in [0.2, 0.25) is 5.82 Å². The maximum absolute atomic E-state index is 12.0. The highest BCUT2D eigenvalue weighted by molar-refractivity contribution is 6.03. The minimum atomic E-state index is -0.522. The number of benzene rings is 2. The normalized spacial score (nSPS) is 10.2. The summed E-state index contributed by atoms with van der Waals surface area (Å²) in [6, 6.07) is 14.0. The summed E-state index contributed by atoms with van der Waals surface area (Å²) in [5.74, 6) is -0.226. The average Bonchev–Trinajstić information content (AvgIpc) is 3.10. The van der Waals surface area contributed by atoms with Gasteiger partial charge in [-0.1, -0.05) is 23.4 Å². The van der Waals surface area contributed by atoms with E-state index in [0.717, 1.165) is 0 Å². The molecule has 1 aromatic heterocycles. The molecule has 0 saturated carbocycles. The van der Waals surface area contributed by atoms with Crippen molar-refractivity contribution >= 4 is 11.9 Å². The minimum absolute atomic E-state index is 0.246. The first kappa shape index (κ1) is 16.9. The molecular weight excluding hydrogens is 332 g/mol. The maximum atomic E-state index is 12.0. The number of nitrogens with zero attached hydrogens (tertiary/aromatic N) is 4. The lowest BCUT2D eigenvalue weighted by Crippen LogP contribution is -2.24. The van der Waals surface area contributed by atoms with E-state index < -0.39 is 5.91 Å². The van der Waals surface area contributed by atoms with Crippen molar-refractivity contribution < 1.29 is 9.32 Å². The predicted molar refractivity (Wildman–Crippen MR) is 94.8 cm³/mol. The Kier molecular flexibility index (Phi) is 4.45.